The highest BCUT2D eigenvalue weighted by Crippen LogP contribution is 2.17. The zero-order valence-corrected chi connectivity index (χ0v) is 14.1. The smallest absolute Gasteiger partial charge is 0.119 e. The number of aliphatic hydroxyl groups excluding tert-OH is 1. The Kier molecular flexibility index (Phi) is 6.20. The fraction of sp³-hybridized carbons (Fsp3) is 0.400. The van der Waals surface area contributed by atoms with Crippen LogP contribution in [0.15, 0.2) is 48.5 Å². The van der Waals surface area contributed by atoms with Gasteiger partial charge >= 0.3 is 0 Å². The van der Waals surface area contributed by atoms with Crippen molar-refractivity contribution in [2.75, 3.05) is 6.61 Å². The third-order valence-corrected chi connectivity index (χ3v) is 4.11. The molecule has 0 aliphatic rings. The molecule has 0 fully saturated rings. The van der Waals surface area contributed by atoms with Gasteiger partial charge in [0.25, 0.3) is 0 Å². The van der Waals surface area contributed by atoms with E-state index in [1.54, 1.807) is 0 Å². The standard InChI is InChI=1S/C20H27NO2/c1-3-16-4-6-18(7-5-16)14-23-19-10-8-17(9-11-19)12-13-20(2,21)15-22/h4-11,22H,3,12-15,21H2,1-2H3/t20-/m1/s1. The number of hydrogen-bond acceptors (Lipinski definition) is 3. The highest BCUT2D eigenvalue weighted by Gasteiger charge is 2.16. The molecule has 3 heteroatoms. The van der Waals surface area contributed by atoms with Crippen molar-refractivity contribution in [2.45, 2.75) is 45.3 Å². The van der Waals surface area contributed by atoms with Crippen LogP contribution in [-0.2, 0) is 19.4 Å². The molecule has 0 aliphatic carbocycles. The first-order valence-electron chi connectivity index (χ1n) is 8.22. The quantitative estimate of drug-likeness (QED) is 0.784. The van der Waals surface area contributed by atoms with Gasteiger partial charge in [0.15, 0.2) is 0 Å². The zero-order valence-electron chi connectivity index (χ0n) is 14.1. The Morgan fingerprint density at radius 2 is 1.52 bits per heavy atom. The average Bonchev–Trinajstić information content (AvgIpc) is 2.59. The first kappa shape index (κ1) is 17.5. The molecule has 2 rings (SSSR count). The van der Waals surface area contributed by atoms with Gasteiger partial charge in [-0.2, -0.15) is 0 Å². The second-order valence-corrected chi connectivity index (χ2v) is 6.41. The van der Waals surface area contributed by atoms with Gasteiger partial charge in [0.05, 0.1) is 6.61 Å². The van der Waals surface area contributed by atoms with Crippen molar-refractivity contribution in [3.63, 3.8) is 0 Å². The summed E-state index contributed by atoms with van der Waals surface area (Å²) < 4.78 is 5.82. The molecule has 2 aromatic rings. The normalized spacial score (nSPS) is 13.6. The Morgan fingerprint density at radius 1 is 0.957 bits per heavy atom. The zero-order chi connectivity index (χ0) is 16.7. The third-order valence-electron chi connectivity index (χ3n) is 4.11. The molecule has 0 radical (unpaired) electrons. The summed E-state index contributed by atoms with van der Waals surface area (Å²) in [5.41, 5.74) is 9.16. The van der Waals surface area contributed by atoms with Crippen LogP contribution in [0.3, 0.4) is 0 Å². The molecule has 0 unspecified atom stereocenters. The molecule has 0 amide bonds. The van der Waals surface area contributed by atoms with E-state index in [9.17, 15) is 5.11 Å². The maximum atomic E-state index is 9.18. The van der Waals surface area contributed by atoms with Crippen molar-refractivity contribution >= 4 is 0 Å². The van der Waals surface area contributed by atoms with Crippen molar-refractivity contribution in [1.29, 1.82) is 0 Å². The van der Waals surface area contributed by atoms with Gasteiger partial charge in [-0.1, -0.05) is 43.3 Å². The monoisotopic (exact) mass is 313 g/mol. The van der Waals surface area contributed by atoms with Crippen LogP contribution in [0.4, 0.5) is 0 Å². The Bertz CT molecular complexity index is 588. The Morgan fingerprint density at radius 3 is 2.09 bits per heavy atom. The molecular weight excluding hydrogens is 286 g/mol. The third kappa shape index (κ3) is 5.70. The maximum absolute atomic E-state index is 9.18. The Hall–Kier alpha value is -1.84. The number of aryl methyl sites for hydroxylation is 2. The second kappa shape index (κ2) is 8.14. The van der Waals surface area contributed by atoms with Crippen LogP contribution >= 0.6 is 0 Å². The van der Waals surface area contributed by atoms with Crippen LogP contribution in [0.1, 0.15) is 37.0 Å². The second-order valence-electron chi connectivity index (χ2n) is 6.41. The fourth-order valence-electron chi connectivity index (χ4n) is 2.30. The predicted octanol–water partition coefficient (Wildman–Crippen LogP) is 3.47. The highest BCUT2D eigenvalue weighted by atomic mass is 16.5. The van der Waals surface area contributed by atoms with Crippen LogP contribution in [0.5, 0.6) is 5.75 Å². The molecule has 23 heavy (non-hydrogen) atoms. The van der Waals surface area contributed by atoms with Gasteiger partial charge in [0.1, 0.15) is 12.4 Å². The van der Waals surface area contributed by atoms with Crippen LogP contribution in [-0.4, -0.2) is 17.3 Å². The topological polar surface area (TPSA) is 55.5 Å². The molecule has 0 aromatic heterocycles. The molecule has 0 saturated carbocycles. The van der Waals surface area contributed by atoms with E-state index in [0.29, 0.717) is 6.61 Å². The van der Waals surface area contributed by atoms with Gasteiger partial charge in [0, 0.05) is 5.54 Å². The molecule has 3 N–H and O–H groups in total. The lowest BCUT2D eigenvalue weighted by molar-refractivity contribution is 0.200. The van der Waals surface area contributed by atoms with E-state index >= 15 is 0 Å². The number of ether oxygens (including phenoxy) is 1. The number of nitrogens with two attached hydrogens (primary N) is 1. The molecule has 1 atom stereocenters. The summed E-state index contributed by atoms with van der Waals surface area (Å²) >= 11 is 0. The largest absolute Gasteiger partial charge is 0.489 e. The molecule has 124 valence electrons. The van der Waals surface area contributed by atoms with Crippen molar-refractivity contribution in [1.82, 2.24) is 0 Å². The molecule has 0 saturated heterocycles. The van der Waals surface area contributed by atoms with Crippen LogP contribution in [0, 0.1) is 0 Å². The SMILES string of the molecule is CCc1ccc(COc2ccc(CC[C@@](C)(N)CO)cc2)cc1. The lowest BCUT2D eigenvalue weighted by Crippen LogP contribution is -2.40. The maximum Gasteiger partial charge on any atom is 0.119 e. The first-order chi connectivity index (χ1) is 11.0. The summed E-state index contributed by atoms with van der Waals surface area (Å²) in [6, 6.07) is 16.6. The minimum Gasteiger partial charge on any atom is -0.489 e. The summed E-state index contributed by atoms with van der Waals surface area (Å²) in [6.45, 7) is 4.61. The van der Waals surface area contributed by atoms with E-state index in [0.717, 1.165) is 25.0 Å². The van der Waals surface area contributed by atoms with Crippen molar-refractivity contribution < 1.29 is 9.84 Å². The molecular formula is C20H27NO2. The Labute approximate surface area is 139 Å². The molecule has 0 aliphatic heterocycles. The predicted molar refractivity (Wildman–Crippen MR) is 94.6 cm³/mol. The van der Waals surface area contributed by atoms with Gasteiger partial charge in [-0.3, -0.25) is 0 Å². The van der Waals surface area contributed by atoms with Crippen molar-refractivity contribution in [2.24, 2.45) is 5.73 Å². The van der Waals surface area contributed by atoms with E-state index < -0.39 is 5.54 Å². The van der Waals surface area contributed by atoms with Gasteiger partial charge in [-0.15, -0.1) is 0 Å². The lowest BCUT2D eigenvalue weighted by Gasteiger charge is -2.21. The Balaban J connectivity index is 1.84. The molecule has 0 heterocycles. The van der Waals surface area contributed by atoms with Gasteiger partial charge < -0.3 is 15.6 Å². The van der Waals surface area contributed by atoms with Crippen LogP contribution in [0.25, 0.3) is 0 Å². The number of hydrogen-bond donors (Lipinski definition) is 2. The van der Waals surface area contributed by atoms with E-state index in [2.05, 4.69) is 43.3 Å². The van der Waals surface area contributed by atoms with Gasteiger partial charge in [-0.25, -0.2) is 0 Å². The number of rotatable bonds is 8. The first-order valence-corrected chi connectivity index (χ1v) is 8.22. The molecule has 0 bridgehead atoms. The lowest BCUT2D eigenvalue weighted by atomic mass is 9.95. The molecule has 0 spiro atoms. The highest BCUT2D eigenvalue weighted by molar-refractivity contribution is 5.28. The van der Waals surface area contributed by atoms with E-state index in [-0.39, 0.29) is 6.61 Å². The van der Waals surface area contributed by atoms with Crippen LogP contribution in [0.2, 0.25) is 0 Å². The van der Waals surface area contributed by atoms with E-state index in [4.69, 9.17) is 10.5 Å². The summed E-state index contributed by atoms with van der Waals surface area (Å²) in [5.74, 6) is 0.867. The minimum absolute atomic E-state index is 0.00498. The van der Waals surface area contributed by atoms with Crippen molar-refractivity contribution in [3.8, 4) is 5.75 Å². The summed E-state index contributed by atoms with van der Waals surface area (Å²) in [4.78, 5) is 0. The minimum atomic E-state index is -0.514. The van der Waals surface area contributed by atoms with Crippen LogP contribution < -0.4 is 10.5 Å². The molecule has 2 aromatic carbocycles. The van der Waals surface area contributed by atoms with Gasteiger partial charge in [-0.05, 0) is 55.0 Å². The van der Waals surface area contributed by atoms with Gasteiger partial charge in [0.2, 0.25) is 0 Å². The molecule has 3 nitrogen and oxygen atoms in total. The number of benzene rings is 2. The van der Waals surface area contributed by atoms with Crippen molar-refractivity contribution in [3.05, 3.63) is 65.2 Å². The average molecular weight is 313 g/mol. The van der Waals surface area contributed by atoms with E-state index in [1.165, 1.54) is 16.7 Å². The summed E-state index contributed by atoms with van der Waals surface area (Å²) in [7, 11) is 0. The fourth-order valence-corrected chi connectivity index (χ4v) is 2.30. The summed E-state index contributed by atoms with van der Waals surface area (Å²) in [6.07, 6.45) is 2.67. The summed E-state index contributed by atoms with van der Waals surface area (Å²) in [5, 5.41) is 9.18. The van der Waals surface area contributed by atoms with E-state index in [1.807, 2.05) is 19.1 Å². The number of aliphatic hydroxyl groups is 1.